The van der Waals surface area contributed by atoms with E-state index in [1.165, 1.54) is 0 Å². The quantitative estimate of drug-likeness (QED) is 0.345. The maximum Gasteiger partial charge on any atom is 0.326 e. The van der Waals surface area contributed by atoms with Crippen LogP contribution in [0.5, 0.6) is 0 Å². The number of thiol groups is 1. The molecule has 0 spiro atoms. The molecule has 3 atom stereocenters. The molecule has 0 aromatic heterocycles. The van der Waals surface area contributed by atoms with Crippen molar-refractivity contribution in [3.05, 3.63) is 0 Å². The number of hydrogen-bond donors (Lipinski definition) is 5. The molecular formula is C13H25N3O4S2. The van der Waals surface area contributed by atoms with Gasteiger partial charge in [-0.2, -0.15) is 24.4 Å². The number of nitrogens with two attached hydrogens (primary N) is 1. The number of rotatable bonds is 10. The molecule has 0 aromatic carbocycles. The van der Waals surface area contributed by atoms with Crippen LogP contribution in [0.15, 0.2) is 0 Å². The largest absolute Gasteiger partial charge is 0.480 e. The molecule has 0 fully saturated rings. The first-order chi connectivity index (χ1) is 10.2. The summed E-state index contributed by atoms with van der Waals surface area (Å²) < 4.78 is 0. The van der Waals surface area contributed by atoms with Gasteiger partial charge in [0.25, 0.3) is 0 Å². The van der Waals surface area contributed by atoms with E-state index in [-0.39, 0.29) is 11.7 Å². The molecule has 0 aliphatic carbocycles. The zero-order valence-electron chi connectivity index (χ0n) is 13.0. The Bertz CT molecular complexity index is 393. The molecule has 0 saturated heterocycles. The van der Waals surface area contributed by atoms with Crippen LogP contribution in [0.3, 0.4) is 0 Å². The van der Waals surface area contributed by atoms with Gasteiger partial charge in [0.2, 0.25) is 11.8 Å². The van der Waals surface area contributed by atoms with Crippen LogP contribution in [0.1, 0.15) is 20.3 Å². The van der Waals surface area contributed by atoms with E-state index in [1.54, 1.807) is 25.6 Å². The van der Waals surface area contributed by atoms with E-state index in [4.69, 9.17) is 10.8 Å². The van der Waals surface area contributed by atoms with Crippen molar-refractivity contribution in [1.82, 2.24) is 10.6 Å². The van der Waals surface area contributed by atoms with Crippen LogP contribution >= 0.6 is 24.4 Å². The molecule has 0 aromatic rings. The maximum absolute atomic E-state index is 12.1. The average Bonchev–Trinajstić information content (AvgIpc) is 2.46. The van der Waals surface area contributed by atoms with E-state index in [9.17, 15) is 14.4 Å². The Balaban J connectivity index is 4.65. The molecule has 128 valence electrons. The summed E-state index contributed by atoms with van der Waals surface area (Å²) in [5, 5.41) is 14.0. The van der Waals surface area contributed by atoms with E-state index in [1.807, 2.05) is 6.26 Å². The van der Waals surface area contributed by atoms with Gasteiger partial charge in [-0.15, -0.1) is 0 Å². The summed E-state index contributed by atoms with van der Waals surface area (Å²) in [4.78, 5) is 35.1. The van der Waals surface area contributed by atoms with Crippen molar-refractivity contribution in [2.75, 3.05) is 17.8 Å². The highest BCUT2D eigenvalue weighted by Gasteiger charge is 2.28. The summed E-state index contributed by atoms with van der Waals surface area (Å²) in [6.07, 6.45) is 2.41. The van der Waals surface area contributed by atoms with E-state index < -0.39 is 35.9 Å². The van der Waals surface area contributed by atoms with Gasteiger partial charge in [-0.05, 0) is 24.3 Å². The average molecular weight is 351 g/mol. The van der Waals surface area contributed by atoms with Gasteiger partial charge in [-0.25, -0.2) is 4.79 Å². The van der Waals surface area contributed by atoms with Crippen molar-refractivity contribution in [1.29, 1.82) is 0 Å². The van der Waals surface area contributed by atoms with Gasteiger partial charge < -0.3 is 21.5 Å². The summed E-state index contributed by atoms with van der Waals surface area (Å²) in [6.45, 7) is 3.37. The fourth-order valence-electron chi connectivity index (χ4n) is 1.62. The Hall–Kier alpha value is -0.930. The lowest BCUT2D eigenvalue weighted by Crippen LogP contribution is -2.56. The number of carbonyl (C=O) groups excluding carboxylic acids is 2. The summed E-state index contributed by atoms with van der Waals surface area (Å²) in [6, 6.07) is -2.64. The molecule has 9 heteroatoms. The number of hydrogen-bond acceptors (Lipinski definition) is 6. The second-order valence-corrected chi connectivity index (χ2v) is 6.55. The first kappa shape index (κ1) is 21.1. The third kappa shape index (κ3) is 7.37. The highest BCUT2D eigenvalue weighted by molar-refractivity contribution is 7.98. The van der Waals surface area contributed by atoms with Gasteiger partial charge in [-0.1, -0.05) is 13.8 Å². The predicted molar refractivity (Wildman–Crippen MR) is 91.2 cm³/mol. The lowest BCUT2D eigenvalue weighted by Gasteiger charge is -2.23. The van der Waals surface area contributed by atoms with E-state index in [0.29, 0.717) is 6.42 Å². The molecule has 0 aliphatic rings. The highest BCUT2D eigenvalue weighted by Crippen LogP contribution is 2.03. The number of carboxylic acid groups (broad SMARTS) is 1. The van der Waals surface area contributed by atoms with Crippen molar-refractivity contribution >= 4 is 42.2 Å². The van der Waals surface area contributed by atoms with Crippen molar-refractivity contribution in [2.45, 2.75) is 38.4 Å². The number of nitrogens with one attached hydrogen (secondary N) is 2. The lowest BCUT2D eigenvalue weighted by atomic mass is 10.0. The fraction of sp³-hybridized carbons (Fsp3) is 0.769. The van der Waals surface area contributed by atoms with Gasteiger partial charge in [0, 0.05) is 5.75 Å². The second-order valence-electron chi connectivity index (χ2n) is 5.20. The minimum atomic E-state index is -1.12. The Morgan fingerprint density at radius 2 is 1.82 bits per heavy atom. The van der Waals surface area contributed by atoms with E-state index in [2.05, 4.69) is 23.3 Å². The molecule has 7 nitrogen and oxygen atoms in total. The first-order valence-electron chi connectivity index (χ1n) is 6.93. The predicted octanol–water partition coefficient (Wildman–Crippen LogP) is -0.293. The normalized spacial score (nSPS) is 15.0. The minimum Gasteiger partial charge on any atom is -0.480 e. The maximum atomic E-state index is 12.1. The summed E-state index contributed by atoms with van der Waals surface area (Å²) in [7, 11) is 0. The Labute approximate surface area is 140 Å². The third-order valence-electron chi connectivity index (χ3n) is 3.02. The van der Waals surface area contributed by atoms with E-state index >= 15 is 0 Å². The third-order valence-corrected chi connectivity index (χ3v) is 4.02. The van der Waals surface area contributed by atoms with Gasteiger partial charge in [0.05, 0.1) is 6.04 Å². The fourth-order valence-corrected chi connectivity index (χ4v) is 2.36. The lowest BCUT2D eigenvalue weighted by molar-refractivity contribution is -0.143. The summed E-state index contributed by atoms with van der Waals surface area (Å²) >= 11 is 5.60. The van der Waals surface area contributed by atoms with Crippen LogP contribution < -0.4 is 16.4 Å². The standard InChI is InChI=1S/C13H25N3O4S2/c1-7(2)10(13(19)20)16-12(18)9(6-21)15-11(17)8(14)4-5-22-3/h7-10,21H,4-6,14H2,1-3H3,(H,15,17)(H,16,18)(H,19,20). The zero-order valence-corrected chi connectivity index (χ0v) is 14.7. The van der Waals surface area contributed by atoms with Crippen LogP contribution in [-0.4, -0.2) is 58.8 Å². The molecular weight excluding hydrogens is 326 g/mol. The van der Waals surface area contributed by atoms with Crippen LogP contribution in [0.2, 0.25) is 0 Å². The molecule has 0 radical (unpaired) electrons. The van der Waals surface area contributed by atoms with Crippen LogP contribution in [0.4, 0.5) is 0 Å². The zero-order chi connectivity index (χ0) is 17.3. The molecule has 0 rings (SSSR count). The van der Waals surface area contributed by atoms with E-state index in [0.717, 1.165) is 5.75 Å². The number of thioether (sulfide) groups is 1. The van der Waals surface area contributed by atoms with Gasteiger partial charge in [0.15, 0.2) is 0 Å². The molecule has 0 aliphatic heterocycles. The van der Waals surface area contributed by atoms with Gasteiger partial charge in [0.1, 0.15) is 12.1 Å². The molecule has 2 amide bonds. The molecule has 0 heterocycles. The van der Waals surface area contributed by atoms with Gasteiger partial charge in [-0.3, -0.25) is 9.59 Å². The monoisotopic (exact) mass is 351 g/mol. The summed E-state index contributed by atoms with van der Waals surface area (Å²) in [5.41, 5.74) is 5.73. The first-order valence-corrected chi connectivity index (χ1v) is 8.96. The number of carbonyl (C=O) groups is 3. The Morgan fingerprint density at radius 3 is 2.23 bits per heavy atom. The second kappa shape index (κ2) is 10.7. The Kier molecular flexibility index (Phi) is 10.3. The van der Waals surface area contributed by atoms with Crippen molar-refractivity contribution < 1.29 is 19.5 Å². The number of carboxylic acids is 1. The SMILES string of the molecule is CSCCC(N)C(=O)NC(CS)C(=O)NC(C(=O)O)C(C)C. The highest BCUT2D eigenvalue weighted by atomic mass is 32.2. The molecule has 22 heavy (non-hydrogen) atoms. The van der Waals surface area contributed by atoms with Crippen LogP contribution in [0.25, 0.3) is 0 Å². The Morgan fingerprint density at radius 1 is 1.23 bits per heavy atom. The molecule has 3 unspecified atom stereocenters. The topological polar surface area (TPSA) is 122 Å². The van der Waals surface area contributed by atoms with Crippen molar-refractivity contribution in [3.63, 3.8) is 0 Å². The molecule has 0 saturated carbocycles. The molecule has 0 bridgehead atoms. The van der Waals surface area contributed by atoms with Crippen molar-refractivity contribution in [2.24, 2.45) is 11.7 Å². The molecule has 5 N–H and O–H groups in total. The number of amides is 2. The van der Waals surface area contributed by atoms with Gasteiger partial charge >= 0.3 is 5.97 Å². The van der Waals surface area contributed by atoms with Crippen LogP contribution in [-0.2, 0) is 14.4 Å². The van der Waals surface area contributed by atoms with Crippen molar-refractivity contribution in [3.8, 4) is 0 Å². The summed E-state index contributed by atoms with van der Waals surface area (Å²) in [5.74, 6) is -1.63. The number of aliphatic carboxylic acids is 1. The minimum absolute atomic E-state index is 0.0528. The van der Waals surface area contributed by atoms with Crippen LogP contribution in [0, 0.1) is 5.92 Å². The smallest absolute Gasteiger partial charge is 0.326 e.